The number of cyclic esters (lactones) is 1. The summed E-state index contributed by atoms with van der Waals surface area (Å²) in [6.07, 6.45) is 9.99. The van der Waals surface area contributed by atoms with Crippen molar-refractivity contribution in [2.24, 2.45) is 35.5 Å². The number of benzene rings is 1. The van der Waals surface area contributed by atoms with E-state index in [4.69, 9.17) is 42.1 Å². The second kappa shape index (κ2) is 19.9. The van der Waals surface area contributed by atoms with E-state index in [1.165, 1.54) is 12.8 Å². The summed E-state index contributed by atoms with van der Waals surface area (Å²) in [6.45, 7) is 13.8. The molecule has 1 aromatic heterocycles. The summed E-state index contributed by atoms with van der Waals surface area (Å²) in [5.74, 6) is 2.73. The number of ketones is 1. The summed E-state index contributed by atoms with van der Waals surface area (Å²) < 4.78 is 24.0. The van der Waals surface area contributed by atoms with E-state index >= 15 is 0 Å². The van der Waals surface area contributed by atoms with Gasteiger partial charge in [0.15, 0.2) is 11.5 Å². The standard InChI is InChI=1S/C41H60Cl2N2O6S/c1-26-17-27(2)40(47)50-24-29(4)34(30(5)39(46)28(3)20-41(6,19-26)49-8)25-52-16-15-45(23-33-35(42)21-44-22-36(33)43)31-13-14-37(48-7)38(18-31)51-32-11-9-10-12-32/h13-14,18,21-22,26-30,32,34H,9-12,15-17,19-20,23-25H2,1-8H3. The first kappa shape index (κ1) is 42.5. The molecule has 8 nitrogen and oxygen atoms in total. The van der Waals surface area contributed by atoms with E-state index in [2.05, 4.69) is 36.7 Å². The molecule has 0 N–H and O–H groups in total. The molecule has 2 aliphatic rings. The zero-order chi connectivity index (χ0) is 38.0. The molecule has 7 atom stereocenters. The minimum atomic E-state index is -0.453. The molecule has 0 radical (unpaired) electrons. The number of esters is 1. The van der Waals surface area contributed by atoms with E-state index in [1.54, 1.807) is 26.6 Å². The van der Waals surface area contributed by atoms with Crippen molar-refractivity contribution >= 4 is 52.4 Å². The lowest BCUT2D eigenvalue weighted by Gasteiger charge is -2.36. The molecule has 1 aliphatic carbocycles. The van der Waals surface area contributed by atoms with Gasteiger partial charge in [-0.3, -0.25) is 14.6 Å². The number of methoxy groups -OCH3 is 2. The Kier molecular flexibility index (Phi) is 16.3. The van der Waals surface area contributed by atoms with Crippen molar-refractivity contribution in [3.8, 4) is 11.5 Å². The normalized spacial score (nSPS) is 28.3. The summed E-state index contributed by atoms with van der Waals surface area (Å²) in [6, 6.07) is 6.05. The fourth-order valence-electron chi connectivity index (χ4n) is 8.07. The van der Waals surface area contributed by atoms with E-state index < -0.39 is 5.60 Å². The van der Waals surface area contributed by atoms with Crippen LogP contribution in [0.2, 0.25) is 10.0 Å². The van der Waals surface area contributed by atoms with Crippen LogP contribution in [0.25, 0.3) is 0 Å². The predicted molar refractivity (Wildman–Crippen MR) is 213 cm³/mol. The number of ether oxygens (including phenoxy) is 4. The minimum Gasteiger partial charge on any atom is -0.493 e. The molecule has 4 rings (SSSR count). The second-order valence-electron chi connectivity index (χ2n) is 15.6. The number of anilines is 1. The van der Waals surface area contributed by atoms with Crippen molar-refractivity contribution in [2.45, 2.75) is 105 Å². The Morgan fingerprint density at radius 3 is 2.33 bits per heavy atom. The van der Waals surface area contributed by atoms with E-state index in [-0.39, 0.29) is 53.4 Å². The van der Waals surface area contributed by atoms with E-state index in [9.17, 15) is 9.59 Å². The molecule has 1 saturated heterocycles. The van der Waals surface area contributed by atoms with Crippen LogP contribution in [0, 0.1) is 35.5 Å². The monoisotopic (exact) mass is 778 g/mol. The van der Waals surface area contributed by atoms with Crippen molar-refractivity contribution in [3.63, 3.8) is 0 Å². The summed E-state index contributed by atoms with van der Waals surface area (Å²) in [7, 11) is 3.39. The van der Waals surface area contributed by atoms with Crippen LogP contribution in [0.4, 0.5) is 5.69 Å². The maximum atomic E-state index is 14.0. The number of aromatic nitrogens is 1. The second-order valence-corrected chi connectivity index (χ2v) is 17.6. The first-order valence-corrected chi connectivity index (χ1v) is 20.9. The number of rotatable bonds is 12. The molecule has 7 unspecified atom stereocenters. The zero-order valence-electron chi connectivity index (χ0n) is 32.4. The van der Waals surface area contributed by atoms with Gasteiger partial charge in [0, 0.05) is 67.5 Å². The molecular weight excluding hydrogens is 719 g/mol. The Morgan fingerprint density at radius 2 is 1.67 bits per heavy atom. The van der Waals surface area contributed by atoms with Crippen LogP contribution in [0.3, 0.4) is 0 Å². The lowest BCUT2D eigenvalue weighted by atomic mass is 9.75. The van der Waals surface area contributed by atoms with Crippen LogP contribution in [0.15, 0.2) is 30.6 Å². The van der Waals surface area contributed by atoms with Crippen molar-refractivity contribution in [3.05, 3.63) is 46.2 Å². The molecule has 2 heterocycles. The zero-order valence-corrected chi connectivity index (χ0v) is 34.7. The summed E-state index contributed by atoms with van der Waals surface area (Å²) >= 11 is 15.1. The number of halogens is 2. The molecule has 0 amide bonds. The van der Waals surface area contributed by atoms with Gasteiger partial charge in [-0.15, -0.1) is 0 Å². The first-order chi connectivity index (χ1) is 24.7. The quantitative estimate of drug-likeness (QED) is 0.154. The lowest BCUT2D eigenvalue weighted by molar-refractivity contribution is -0.151. The van der Waals surface area contributed by atoms with Gasteiger partial charge in [-0.05, 0) is 87.5 Å². The molecule has 0 spiro atoms. The Labute approximate surface area is 326 Å². The summed E-state index contributed by atoms with van der Waals surface area (Å²) in [5.41, 5.74) is 1.32. The Morgan fingerprint density at radius 1 is 0.981 bits per heavy atom. The van der Waals surface area contributed by atoms with Crippen molar-refractivity contribution in [2.75, 3.05) is 43.8 Å². The average Bonchev–Trinajstić information content (AvgIpc) is 3.63. The summed E-state index contributed by atoms with van der Waals surface area (Å²) in [5, 5.41) is 1.03. The molecule has 290 valence electrons. The number of Topliss-reactive ketones (excluding diaryl/α,β-unsaturated/α-hetero) is 1. The molecule has 11 heteroatoms. The smallest absolute Gasteiger partial charge is 0.308 e. The van der Waals surface area contributed by atoms with Gasteiger partial charge in [0.25, 0.3) is 0 Å². The Bertz CT molecular complexity index is 1450. The third-order valence-corrected chi connectivity index (χ3v) is 12.9. The topological polar surface area (TPSA) is 87.2 Å². The van der Waals surface area contributed by atoms with Crippen LogP contribution in [0.1, 0.15) is 92.1 Å². The van der Waals surface area contributed by atoms with Crippen molar-refractivity contribution < 1.29 is 28.5 Å². The van der Waals surface area contributed by atoms with E-state index in [0.29, 0.717) is 41.9 Å². The highest BCUT2D eigenvalue weighted by Crippen LogP contribution is 2.38. The van der Waals surface area contributed by atoms with Gasteiger partial charge in [-0.1, -0.05) is 57.8 Å². The van der Waals surface area contributed by atoms with Gasteiger partial charge in [-0.25, -0.2) is 0 Å². The average molecular weight is 780 g/mol. The molecule has 1 aliphatic heterocycles. The van der Waals surface area contributed by atoms with Crippen molar-refractivity contribution in [1.82, 2.24) is 4.98 Å². The lowest BCUT2D eigenvalue weighted by Crippen LogP contribution is -2.39. The highest BCUT2D eigenvalue weighted by Gasteiger charge is 2.37. The molecule has 2 fully saturated rings. The Hall–Kier alpha value is -2.20. The number of hydrogen-bond acceptors (Lipinski definition) is 9. The molecule has 52 heavy (non-hydrogen) atoms. The fraction of sp³-hybridized carbons (Fsp3) is 0.683. The van der Waals surface area contributed by atoms with Crippen LogP contribution < -0.4 is 14.4 Å². The minimum absolute atomic E-state index is 0.00592. The van der Waals surface area contributed by atoms with Crippen LogP contribution in [-0.2, 0) is 25.6 Å². The first-order valence-electron chi connectivity index (χ1n) is 19.0. The number of thioether (sulfide) groups is 1. The SMILES string of the molecule is COc1ccc(N(CCSCC2C(C)COC(=O)C(C)CC(C)CC(C)(OC)CC(C)C(=O)C2C)Cc2c(Cl)cncc2Cl)cc1OC1CCCC1. The molecule has 2 aromatic rings. The number of pyridine rings is 1. The van der Waals surface area contributed by atoms with Gasteiger partial charge < -0.3 is 23.8 Å². The highest BCUT2D eigenvalue weighted by atomic mass is 35.5. The highest BCUT2D eigenvalue weighted by molar-refractivity contribution is 7.99. The number of nitrogens with zero attached hydrogens (tertiary/aromatic N) is 2. The molecule has 1 saturated carbocycles. The fourth-order valence-corrected chi connectivity index (χ4v) is 9.96. The maximum absolute atomic E-state index is 14.0. The van der Waals surface area contributed by atoms with E-state index in [0.717, 1.165) is 54.2 Å². The van der Waals surface area contributed by atoms with Gasteiger partial charge in [0.05, 0.1) is 41.4 Å². The van der Waals surface area contributed by atoms with E-state index in [1.807, 2.05) is 44.7 Å². The van der Waals surface area contributed by atoms with Gasteiger partial charge in [0.2, 0.25) is 0 Å². The predicted octanol–water partition coefficient (Wildman–Crippen LogP) is 9.96. The number of carbonyl (C=O) groups is 2. The van der Waals surface area contributed by atoms with Gasteiger partial charge in [-0.2, -0.15) is 11.8 Å². The number of hydrogen-bond donors (Lipinski definition) is 0. The van der Waals surface area contributed by atoms with Gasteiger partial charge in [0.1, 0.15) is 5.78 Å². The molecule has 0 bridgehead atoms. The van der Waals surface area contributed by atoms with Gasteiger partial charge >= 0.3 is 5.97 Å². The van der Waals surface area contributed by atoms with Crippen LogP contribution >= 0.6 is 35.0 Å². The van der Waals surface area contributed by atoms with Crippen LogP contribution in [0.5, 0.6) is 11.5 Å². The Balaban J connectivity index is 1.54. The summed E-state index contributed by atoms with van der Waals surface area (Å²) in [4.78, 5) is 33.5. The van der Waals surface area contributed by atoms with Crippen LogP contribution in [-0.4, -0.2) is 67.3 Å². The third kappa shape index (κ3) is 11.6. The molecular formula is C41H60Cl2N2O6S. The largest absolute Gasteiger partial charge is 0.493 e. The number of carbonyl (C=O) groups excluding carboxylic acids is 2. The molecule has 1 aromatic carbocycles. The van der Waals surface area contributed by atoms with Crippen molar-refractivity contribution in [1.29, 1.82) is 0 Å². The maximum Gasteiger partial charge on any atom is 0.308 e. The third-order valence-electron chi connectivity index (χ3n) is 11.2.